The zero-order chi connectivity index (χ0) is 30.3. The van der Waals surface area contributed by atoms with Gasteiger partial charge >= 0.3 is 0 Å². The Hall–Kier alpha value is -3.56. The largest absolute Gasteiger partial charge is 0.495 e. The van der Waals surface area contributed by atoms with Crippen molar-refractivity contribution >= 4 is 39.1 Å². The van der Waals surface area contributed by atoms with E-state index in [1.54, 1.807) is 61.5 Å². The van der Waals surface area contributed by atoms with Crippen LogP contribution in [-0.2, 0) is 26.2 Å². The molecule has 0 aliphatic carbocycles. The summed E-state index contributed by atoms with van der Waals surface area (Å²) in [7, 11) is -2.77. The zero-order valence-corrected chi connectivity index (χ0v) is 25.9. The number of benzene rings is 3. The molecule has 2 amide bonds. The molecule has 1 N–H and O–H groups in total. The number of nitrogens with zero attached hydrogens (tertiary/aromatic N) is 2. The molecule has 0 aliphatic heterocycles. The number of rotatable bonds is 12. The number of aryl methyl sites for hydroxylation is 2. The second kappa shape index (κ2) is 13.9. The van der Waals surface area contributed by atoms with E-state index in [2.05, 4.69) is 5.32 Å². The predicted molar refractivity (Wildman–Crippen MR) is 163 cm³/mol. The highest BCUT2D eigenvalue weighted by Gasteiger charge is 2.34. The van der Waals surface area contributed by atoms with E-state index in [1.807, 2.05) is 27.7 Å². The number of halogens is 1. The first-order valence-corrected chi connectivity index (χ1v) is 15.3. The summed E-state index contributed by atoms with van der Waals surface area (Å²) in [5.41, 5.74) is 2.61. The van der Waals surface area contributed by atoms with Crippen molar-refractivity contribution in [2.24, 2.45) is 0 Å². The van der Waals surface area contributed by atoms with Crippen LogP contribution in [0.25, 0.3) is 0 Å². The van der Waals surface area contributed by atoms with Gasteiger partial charge < -0.3 is 15.0 Å². The number of ether oxygens (including phenoxy) is 1. The summed E-state index contributed by atoms with van der Waals surface area (Å²) in [6.07, 6.45) is 0.719. The molecule has 2 atom stereocenters. The van der Waals surface area contributed by atoms with Gasteiger partial charge in [-0.3, -0.25) is 13.9 Å². The molecule has 0 bridgehead atoms. The monoisotopic (exact) mass is 599 g/mol. The van der Waals surface area contributed by atoms with Crippen LogP contribution in [-0.4, -0.2) is 50.9 Å². The number of nitrogens with one attached hydrogen (secondary N) is 1. The summed E-state index contributed by atoms with van der Waals surface area (Å²) in [6, 6.07) is 17.6. The van der Waals surface area contributed by atoms with E-state index < -0.39 is 28.5 Å². The normalized spacial score (nSPS) is 12.8. The van der Waals surface area contributed by atoms with E-state index >= 15 is 0 Å². The molecule has 3 rings (SSSR count). The summed E-state index contributed by atoms with van der Waals surface area (Å²) in [4.78, 5) is 28.7. The minimum Gasteiger partial charge on any atom is -0.495 e. The van der Waals surface area contributed by atoms with E-state index in [1.165, 1.54) is 24.1 Å². The Morgan fingerprint density at radius 3 is 2.24 bits per heavy atom. The lowest BCUT2D eigenvalue weighted by Gasteiger charge is -2.33. The van der Waals surface area contributed by atoms with Crippen LogP contribution < -0.4 is 14.4 Å². The molecule has 10 heteroatoms. The van der Waals surface area contributed by atoms with Gasteiger partial charge in [-0.1, -0.05) is 54.4 Å². The minimum absolute atomic E-state index is 0.0309. The van der Waals surface area contributed by atoms with Crippen molar-refractivity contribution in [1.29, 1.82) is 0 Å². The fraction of sp³-hybridized carbons (Fsp3) is 0.355. The molecule has 0 aliphatic rings. The van der Waals surface area contributed by atoms with Gasteiger partial charge in [0, 0.05) is 17.6 Å². The maximum absolute atomic E-state index is 14.1. The zero-order valence-electron chi connectivity index (χ0n) is 24.3. The van der Waals surface area contributed by atoms with Gasteiger partial charge in [-0.05, 0) is 81.6 Å². The number of hydrogen-bond donors (Lipinski definition) is 1. The number of carbonyl (C=O) groups excluding carboxylic acids is 2. The molecule has 41 heavy (non-hydrogen) atoms. The van der Waals surface area contributed by atoms with Gasteiger partial charge in [-0.25, -0.2) is 8.42 Å². The maximum atomic E-state index is 14.1. The van der Waals surface area contributed by atoms with Crippen molar-refractivity contribution < 1.29 is 22.7 Å². The first-order chi connectivity index (χ1) is 19.4. The maximum Gasteiger partial charge on any atom is 0.264 e. The number of sulfonamides is 1. The van der Waals surface area contributed by atoms with Crippen LogP contribution in [0.15, 0.2) is 71.6 Å². The van der Waals surface area contributed by atoms with Crippen LogP contribution in [0, 0.1) is 13.8 Å². The van der Waals surface area contributed by atoms with Gasteiger partial charge in [-0.15, -0.1) is 0 Å². The number of hydrogen-bond acceptors (Lipinski definition) is 5. The average Bonchev–Trinajstić information content (AvgIpc) is 2.94. The molecule has 220 valence electrons. The number of methoxy groups -OCH3 is 1. The van der Waals surface area contributed by atoms with E-state index in [-0.39, 0.29) is 29.1 Å². The third-order valence-electron chi connectivity index (χ3n) is 6.90. The SMILES string of the molecule is CC[C@H](C)NC(=O)[C@H](C)N(Cc1cccc(Cl)c1)C(=O)CN(c1cc(C)ccc1OC)S(=O)(=O)c1ccc(C)cc1. The van der Waals surface area contributed by atoms with Crippen molar-refractivity contribution in [2.75, 3.05) is 18.0 Å². The second-order valence-corrected chi connectivity index (χ2v) is 12.4. The van der Waals surface area contributed by atoms with Gasteiger partial charge in [0.05, 0.1) is 17.7 Å². The van der Waals surface area contributed by atoms with Crippen LogP contribution in [0.1, 0.15) is 43.9 Å². The van der Waals surface area contributed by atoms with Gasteiger partial charge in [-0.2, -0.15) is 0 Å². The predicted octanol–water partition coefficient (Wildman–Crippen LogP) is 5.49. The smallest absolute Gasteiger partial charge is 0.264 e. The van der Waals surface area contributed by atoms with Crippen molar-refractivity contribution in [3.8, 4) is 5.75 Å². The van der Waals surface area contributed by atoms with Crippen LogP contribution in [0.3, 0.4) is 0 Å². The topological polar surface area (TPSA) is 96.0 Å². The Morgan fingerprint density at radius 2 is 1.63 bits per heavy atom. The molecular weight excluding hydrogens is 562 g/mol. The molecule has 0 fully saturated rings. The Labute approximate surface area is 248 Å². The van der Waals surface area contributed by atoms with E-state index in [0.717, 1.165) is 21.9 Å². The first-order valence-electron chi connectivity index (χ1n) is 13.5. The molecule has 0 radical (unpaired) electrons. The highest BCUT2D eigenvalue weighted by Crippen LogP contribution is 2.34. The summed E-state index contributed by atoms with van der Waals surface area (Å²) in [5.74, 6) is -0.602. The van der Waals surface area contributed by atoms with Crippen molar-refractivity contribution in [3.05, 3.63) is 88.4 Å². The van der Waals surface area contributed by atoms with Gasteiger partial charge in [0.15, 0.2) is 0 Å². The summed E-state index contributed by atoms with van der Waals surface area (Å²) < 4.78 is 34.7. The quantitative estimate of drug-likeness (QED) is 0.297. The Balaban J connectivity index is 2.10. The standard InChI is InChI=1S/C31H38ClN3O5S/c1-7-23(4)33-31(37)24(5)34(19-25-9-8-10-26(32)18-25)30(36)20-35(28-17-22(3)13-16-29(28)40-6)41(38,39)27-14-11-21(2)12-15-27/h8-18,23-24H,7,19-20H2,1-6H3,(H,33,37)/t23-,24-/m0/s1. The fourth-order valence-corrected chi connectivity index (χ4v) is 5.86. The van der Waals surface area contributed by atoms with Crippen LogP contribution in [0.5, 0.6) is 5.75 Å². The van der Waals surface area contributed by atoms with Crippen molar-refractivity contribution in [2.45, 2.75) is 64.6 Å². The summed E-state index contributed by atoms with van der Waals surface area (Å²) in [6.45, 7) is 8.65. The molecule has 0 spiro atoms. The highest BCUT2D eigenvalue weighted by atomic mass is 35.5. The van der Waals surface area contributed by atoms with E-state index in [4.69, 9.17) is 16.3 Å². The van der Waals surface area contributed by atoms with Crippen LogP contribution in [0.2, 0.25) is 5.02 Å². The lowest BCUT2D eigenvalue weighted by atomic mass is 10.1. The van der Waals surface area contributed by atoms with Gasteiger partial charge in [0.1, 0.15) is 18.3 Å². The minimum atomic E-state index is -4.21. The molecule has 0 aromatic heterocycles. The Bertz CT molecular complexity index is 1480. The Kier molecular flexibility index (Phi) is 10.8. The van der Waals surface area contributed by atoms with Crippen LogP contribution >= 0.6 is 11.6 Å². The molecule has 0 saturated carbocycles. The molecule has 3 aromatic rings. The molecular formula is C31H38ClN3O5S. The fourth-order valence-electron chi connectivity index (χ4n) is 4.23. The Morgan fingerprint density at radius 1 is 0.976 bits per heavy atom. The van der Waals surface area contributed by atoms with E-state index in [9.17, 15) is 18.0 Å². The highest BCUT2D eigenvalue weighted by molar-refractivity contribution is 7.92. The van der Waals surface area contributed by atoms with Gasteiger partial charge in [0.25, 0.3) is 10.0 Å². The summed E-state index contributed by atoms with van der Waals surface area (Å²) in [5, 5.41) is 3.41. The number of carbonyl (C=O) groups is 2. The molecule has 0 heterocycles. The lowest BCUT2D eigenvalue weighted by Crippen LogP contribution is -2.52. The number of amides is 2. The summed E-state index contributed by atoms with van der Waals surface area (Å²) >= 11 is 6.20. The van der Waals surface area contributed by atoms with E-state index in [0.29, 0.717) is 16.3 Å². The lowest BCUT2D eigenvalue weighted by molar-refractivity contribution is -0.139. The first kappa shape index (κ1) is 32.0. The number of anilines is 1. The average molecular weight is 600 g/mol. The second-order valence-electron chi connectivity index (χ2n) is 10.1. The van der Waals surface area contributed by atoms with Crippen molar-refractivity contribution in [1.82, 2.24) is 10.2 Å². The third-order valence-corrected chi connectivity index (χ3v) is 8.91. The van der Waals surface area contributed by atoms with Crippen molar-refractivity contribution in [3.63, 3.8) is 0 Å². The third kappa shape index (κ3) is 8.01. The molecule has 3 aromatic carbocycles. The van der Waals surface area contributed by atoms with Crippen LogP contribution in [0.4, 0.5) is 5.69 Å². The molecule has 0 unspecified atom stereocenters. The molecule has 0 saturated heterocycles. The molecule has 8 nitrogen and oxygen atoms in total. The van der Waals surface area contributed by atoms with Gasteiger partial charge in [0.2, 0.25) is 11.8 Å².